The molecule has 0 aliphatic carbocycles. The van der Waals surface area contributed by atoms with E-state index in [1.54, 1.807) is 0 Å². The molecule has 0 fully saturated rings. The highest BCUT2D eigenvalue weighted by molar-refractivity contribution is 4.47. The van der Waals surface area contributed by atoms with Crippen molar-refractivity contribution in [3.8, 4) is 0 Å². The summed E-state index contributed by atoms with van der Waals surface area (Å²) in [5.41, 5.74) is 1.91. The number of nitrogens with one attached hydrogen (secondary N) is 1. The van der Waals surface area contributed by atoms with E-state index in [1.807, 2.05) is 5.48 Å². The van der Waals surface area contributed by atoms with Gasteiger partial charge in [0.2, 0.25) is 0 Å². The minimum absolute atomic E-state index is 0.623. The zero-order chi connectivity index (χ0) is 7.82. The van der Waals surface area contributed by atoms with Crippen LogP contribution in [-0.2, 0) is 5.21 Å². The van der Waals surface area contributed by atoms with Crippen molar-refractivity contribution in [2.75, 3.05) is 6.54 Å². The molecule has 0 spiro atoms. The molecule has 0 saturated heterocycles. The van der Waals surface area contributed by atoms with E-state index in [1.165, 1.54) is 19.3 Å². The molecule has 0 heterocycles. The molecular formula is C8H18NO. The highest BCUT2D eigenvalue weighted by Gasteiger charge is 1.93. The van der Waals surface area contributed by atoms with Gasteiger partial charge in [-0.3, -0.25) is 0 Å². The molecule has 0 saturated carbocycles. The van der Waals surface area contributed by atoms with E-state index >= 15 is 0 Å². The maximum absolute atomic E-state index is 9.78. The molecule has 0 rings (SSSR count). The summed E-state index contributed by atoms with van der Waals surface area (Å²) in [6.45, 7) is 5.08. The maximum Gasteiger partial charge on any atom is 0.0240 e. The summed E-state index contributed by atoms with van der Waals surface area (Å²) in [7, 11) is 0. The summed E-state index contributed by atoms with van der Waals surface area (Å²) in [6, 6.07) is 0. The molecule has 0 unspecified atom stereocenters. The predicted molar refractivity (Wildman–Crippen MR) is 42.0 cm³/mol. The van der Waals surface area contributed by atoms with Crippen LogP contribution in [0.4, 0.5) is 0 Å². The average molecular weight is 144 g/mol. The summed E-state index contributed by atoms with van der Waals surface area (Å²) in [5.74, 6) is 0.806. The van der Waals surface area contributed by atoms with Crippen molar-refractivity contribution in [2.45, 2.75) is 39.5 Å². The van der Waals surface area contributed by atoms with E-state index in [4.69, 9.17) is 0 Å². The highest BCUT2D eigenvalue weighted by atomic mass is 16.5. The maximum atomic E-state index is 9.78. The fourth-order valence-electron chi connectivity index (χ4n) is 0.927. The summed E-state index contributed by atoms with van der Waals surface area (Å²) < 4.78 is 0. The third-order valence-electron chi connectivity index (χ3n) is 1.56. The van der Waals surface area contributed by atoms with Crippen LogP contribution in [0.5, 0.6) is 0 Å². The third kappa shape index (κ3) is 7.92. The SMILES string of the molecule is CC(C)CCCCCN[O]. The molecule has 0 aliphatic rings. The van der Waals surface area contributed by atoms with Crippen molar-refractivity contribution in [1.29, 1.82) is 0 Å². The molecule has 1 N–H and O–H groups in total. The van der Waals surface area contributed by atoms with E-state index in [9.17, 15) is 5.21 Å². The van der Waals surface area contributed by atoms with Gasteiger partial charge in [-0.15, -0.1) is 5.21 Å². The topological polar surface area (TPSA) is 31.9 Å². The van der Waals surface area contributed by atoms with Crippen LogP contribution < -0.4 is 5.48 Å². The number of hydrogen-bond donors (Lipinski definition) is 1. The fraction of sp³-hybridized carbons (Fsp3) is 1.00. The van der Waals surface area contributed by atoms with Crippen molar-refractivity contribution in [2.24, 2.45) is 5.92 Å². The smallest absolute Gasteiger partial charge is 0.0240 e. The van der Waals surface area contributed by atoms with Crippen molar-refractivity contribution in [3.63, 3.8) is 0 Å². The zero-order valence-corrected chi connectivity index (χ0v) is 7.02. The normalized spacial score (nSPS) is 10.8. The van der Waals surface area contributed by atoms with Gasteiger partial charge < -0.3 is 0 Å². The molecule has 2 nitrogen and oxygen atoms in total. The largest absolute Gasteiger partial charge is 0.168 e. The molecule has 0 aliphatic heterocycles. The first-order valence-corrected chi connectivity index (χ1v) is 4.12. The molecule has 0 atom stereocenters. The summed E-state index contributed by atoms with van der Waals surface area (Å²) in [6.07, 6.45) is 4.77. The van der Waals surface area contributed by atoms with Gasteiger partial charge in [-0.25, -0.2) is 0 Å². The van der Waals surface area contributed by atoms with Gasteiger partial charge in [-0.2, -0.15) is 5.48 Å². The molecule has 0 bridgehead atoms. The number of rotatable bonds is 6. The van der Waals surface area contributed by atoms with Gasteiger partial charge in [0.1, 0.15) is 0 Å². The Bertz CT molecular complexity index is 64.3. The van der Waals surface area contributed by atoms with Crippen molar-refractivity contribution < 1.29 is 5.21 Å². The van der Waals surface area contributed by atoms with Crippen LogP contribution in [0.1, 0.15) is 39.5 Å². The van der Waals surface area contributed by atoms with Crippen LogP contribution in [0, 0.1) is 5.92 Å². The lowest BCUT2D eigenvalue weighted by Gasteiger charge is -2.02. The van der Waals surface area contributed by atoms with E-state index in [0.717, 1.165) is 12.3 Å². The third-order valence-corrected chi connectivity index (χ3v) is 1.56. The Morgan fingerprint density at radius 1 is 1.20 bits per heavy atom. The fourth-order valence-corrected chi connectivity index (χ4v) is 0.927. The second-order valence-electron chi connectivity index (χ2n) is 3.14. The molecule has 2 heteroatoms. The quantitative estimate of drug-likeness (QED) is 0.449. The molecule has 0 aromatic rings. The Labute approximate surface area is 63.6 Å². The number of hydroxylamine groups is 1. The first kappa shape index (κ1) is 9.92. The Morgan fingerprint density at radius 2 is 1.90 bits per heavy atom. The zero-order valence-electron chi connectivity index (χ0n) is 7.02. The summed E-state index contributed by atoms with van der Waals surface area (Å²) >= 11 is 0. The molecule has 0 amide bonds. The van der Waals surface area contributed by atoms with Crippen LogP contribution in [0.2, 0.25) is 0 Å². The number of hydrogen-bond acceptors (Lipinski definition) is 1. The van der Waals surface area contributed by atoms with Gasteiger partial charge in [-0.1, -0.05) is 33.1 Å². The Morgan fingerprint density at radius 3 is 2.40 bits per heavy atom. The average Bonchev–Trinajstić information content (AvgIpc) is 1.87. The molecule has 1 radical (unpaired) electrons. The van der Waals surface area contributed by atoms with Crippen molar-refractivity contribution in [1.82, 2.24) is 5.48 Å². The Hall–Kier alpha value is -0.0800. The van der Waals surface area contributed by atoms with E-state index < -0.39 is 0 Å². The van der Waals surface area contributed by atoms with Gasteiger partial charge in [-0.05, 0) is 12.3 Å². The lowest BCUT2D eigenvalue weighted by atomic mass is 10.1. The lowest BCUT2D eigenvalue weighted by Crippen LogP contribution is -2.06. The first-order valence-electron chi connectivity index (χ1n) is 4.12. The summed E-state index contributed by atoms with van der Waals surface area (Å²) in [4.78, 5) is 0. The molecule has 0 aromatic heterocycles. The first-order chi connectivity index (χ1) is 4.77. The van der Waals surface area contributed by atoms with Crippen molar-refractivity contribution in [3.05, 3.63) is 0 Å². The monoisotopic (exact) mass is 144 g/mol. The van der Waals surface area contributed by atoms with Crippen LogP contribution >= 0.6 is 0 Å². The Kier molecular flexibility index (Phi) is 6.98. The van der Waals surface area contributed by atoms with Crippen LogP contribution in [0.25, 0.3) is 0 Å². The van der Waals surface area contributed by atoms with Gasteiger partial charge in [0.15, 0.2) is 0 Å². The van der Waals surface area contributed by atoms with Crippen LogP contribution in [-0.4, -0.2) is 6.54 Å². The standard InChI is InChI=1S/C8H18NO/c1-8(2)6-4-3-5-7-9-10/h8-9H,3-7H2,1-2H3. The van der Waals surface area contributed by atoms with Gasteiger partial charge in [0.05, 0.1) is 0 Å². The molecule has 61 valence electrons. The molecule has 10 heavy (non-hydrogen) atoms. The minimum Gasteiger partial charge on any atom is -0.168 e. The van der Waals surface area contributed by atoms with Crippen molar-refractivity contribution >= 4 is 0 Å². The van der Waals surface area contributed by atoms with E-state index in [-0.39, 0.29) is 0 Å². The Balaban J connectivity index is 2.77. The second kappa shape index (κ2) is 7.03. The second-order valence-corrected chi connectivity index (χ2v) is 3.14. The molecule has 0 aromatic carbocycles. The lowest BCUT2D eigenvalue weighted by molar-refractivity contribution is 0.0748. The van der Waals surface area contributed by atoms with Gasteiger partial charge in [0.25, 0.3) is 0 Å². The predicted octanol–water partition coefficient (Wildman–Crippen LogP) is 2.14. The van der Waals surface area contributed by atoms with Crippen LogP contribution in [0.3, 0.4) is 0 Å². The minimum atomic E-state index is 0.623. The van der Waals surface area contributed by atoms with E-state index in [0.29, 0.717) is 6.54 Å². The van der Waals surface area contributed by atoms with Gasteiger partial charge in [0, 0.05) is 6.54 Å². The molecular weight excluding hydrogens is 126 g/mol. The highest BCUT2D eigenvalue weighted by Crippen LogP contribution is 2.06. The number of unbranched alkanes of at least 4 members (excludes halogenated alkanes) is 2. The summed E-state index contributed by atoms with van der Waals surface area (Å²) in [5, 5.41) is 9.78. The van der Waals surface area contributed by atoms with Gasteiger partial charge >= 0.3 is 0 Å². The van der Waals surface area contributed by atoms with E-state index in [2.05, 4.69) is 13.8 Å². The van der Waals surface area contributed by atoms with Crippen LogP contribution in [0.15, 0.2) is 0 Å².